The zero-order valence-electron chi connectivity index (χ0n) is 3.71. The molecule has 0 fully saturated rings. The fourth-order valence-electron chi connectivity index (χ4n) is 0.313. The van der Waals surface area contributed by atoms with Gasteiger partial charge in [-0.1, -0.05) is 26.4 Å². The molecule has 2 heteroatoms. The molecule has 0 spiro atoms. The van der Waals surface area contributed by atoms with Gasteiger partial charge in [0, 0.05) is 17.1 Å². The van der Waals surface area contributed by atoms with Gasteiger partial charge in [-0.3, -0.25) is 0 Å². The van der Waals surface area contributed by atoms with Gasteiger partial charge in [-0.05, 0) is 11.6 Å². The minimum Gasteiger partial charge on any atom is -0.0765 e. The summed E-state index contributed by atoms with van der Waals surface area (Å²) in [5.41, 5.74) is 0. The first-order chi connectivity index (χ1) is 3.00. The van der Waals surface area contributed by atoms with Crippen molar-refractivity contribution in [3.05, 3.63) is 29.8 Å². The predicted octanol–water partition coefficient (Wildman–Crippen LogP) is 2.26. The van der Waals surface area contributed by atoms with Crippen molar-refractivity contribution in [1.82, 2.24) is 0 Å². The third-order valence-corrected chi connectivity index (χ3v) is 1.26. The van der Waals surface area contributed by atoms with Gasteiger partial charge >= 0.3 is 0 Å². The molecular formula is C5H5MnP. The Morgan fingerprint density at radius 1 is 0.857 bits per heavy atom. The van der Waals surface area contributed by atoms with Crippen LogP contribution >= 0.6 is 8.19 Å². The van der Waals surface area contributed by atoms with Gasteiger partial charge < -0.3 is 0 Å². The molecular weight excluding hydrogens is 146 g/mol. The quantitative estimate of drug-likeness (QED) is 0.499. The van der Waals surface area contributed by atoms with E-state index in [1.54, 1.807) is 0 Å². The van der Waals surface area contributed by atoms with E-state index in [-0.39, 0.29) is 17.1 Å². The third kappa shape index (κ3) is 2.82. The fourth-order valence-corrected chi connectivity index (χ4v) is 0.810. The van der Waals surface area contributed by atoms with Crippen molar-refractivity contribution < 1.29 is 17.1 Å². The van der Waals surface area contributed by atoms with Crippen LogP contribution in [0.3, 0.4) is 0 Å². The number of hydrogen-bond donors (Lipinski definition) is 0. The maximum atomic E-state index is 2.10. The standard InChI is InChI=1S/C5H5P.Mn/c1-2-4-6-5-3-1;/h1-5H;. The third-order valence-electron chi connectivity index (χ3n) is 0.566. The molecule has 0 N–H and O–H groups in total. The molecule has 0 saturated carbocycles. The second kappa shape index (κ2) is 4.33. The molecule has 7 heavy (non-hydrogen) atoms. The normalized spacial score (nSPS) is 6.86. The molecule has 1 heterocycles. The SMILES string of the molecule is [Mn].c1ccpcc1. The summed E-state index contributed by atoms with van der Waals surface area (Å²) in [7, 11) is 1.31. The van der Waals surface area contributed by atoms with Gasteiger partial charge in [-0.15, -0.1) is 0 Å². The average Bonchev–Trinajstić information content (AvgIpc) is 1.72. The minimum atomic E-state index is 0. The smallest absolute Gasteiger partial charge is 0 e. The Bertz CT molecular complexity index is 80.0. The van der Waals surface area contributed by atoms with Crippen molar-refractivity contribution in [3.8, 4) is 0 Å². The van der Waals surface area contributed by atoms with E-state index >= 15 is 0 Å². The topological polar surface area (TPSA) is 0 Å². The van der Waals surface area contributed by atoms with Crippen LogP contribution < -0.4 is 0 Å². The molecule has 0 amide bonds. The molecule has 1 aromatic rings. The summed E-state index contributed by atoms with van der Waals surface area (Å²) in [4.78, 5) is 0. The van der Waals surface area contributed by atoms with Crippen molar-refractivity contribution in [3.63, 3.8) is 0 Å². The largest absolute Gasteiger partial charge is 0.0765 e. The summed E-state index contributed by atoms with van der Waals surface area (Å²) in [5, 5.41) is 0. The molecule has 1 rings (SSSR count). The van der Waals surface area contributed by atoms with Gasteiger partial charge in [0.2, 0.25) is 0 Å². The van der Waals surface area contributed by atoms with Crippen molar-refractivity contribution >= 4 is 8.19 Å². The Morgan fingerprint density at radius 3 is 1.57 bits per heavy atom. The van der Waals surface area contributed by atoms with Crippen molar-refractivity contribution in [2.45, 2.75) is 0 Å². The first kappa shape index (κ1) is 7.17. The summed E-state index contributed by atoms with van der Waals surface area (Å²) >= 11 is 0. The summed E-state index contributed by atoms with van der Waals surface area (Å²) in [6, 6.07) is 6.11. The average molecular weight is 151 g/mol. The molecule has 0 unspecified atom stereocenters. The maximum Gasteiger partial charge on any atom is 0 e. The van der Waals surface area contributed by atoms with Gasteiger partial charge in [0.15, 0.2) is 0 Å². The van der Waals surface area contributed by atoms with Crippen molar-refractivity contribution in [2.24, 2.45) is 0 Å². The van der Waals surface area contributed by atoms with E-state index in [0.29, 0.717) is 0 Å². The molecule has 0 aliphatic heterocycles. The van der Waals surface area contributed by atoms with Crippen LogP contribution in [0.25, 0.3) is 0 Å². The zero-order valence-corrected chi connectivity index (χ0v) is 5.79. The summed E-state index contributed by atoms with van der Waals surface area (Å²) < 4.78 is 0. The monoisotopic (exact) mass is 151 g/mol. The Hall–Kier alpha value is 0.169. The van der Waals surface area contributed by atoms with Crippen LogP contribution in [0.5, 0.6) is 0 Å². The van der Waals surface area contributed by atoms with Crippen LogP contribution in [0.4, 0.5) is 0 Å². The molecule has 1 aromatic heterocycles. The van der Waals surface area contributed by atoms with Crippen LogP contribution in [0, 0.1) is 0 Å². The fraction of sp³-hybridized carbons (Fsp3) is 0. The molecule has 0 saturated heterocycles. The van der Waals surface area contributed by atoms with Crippen molar-refractivity contribution in [2.75, 3.05) is 0 Å². The van der Waals surface area contributed by atoms with E-state index in [1.807, 2.05) is 18.2 Å². The van der Waals surface area contributed by atoms with Crippen molar-refractivity contribution in [1.29, 1.82) is 0 Å². The van der Waals surface area contributed by atoms with Gasteiger partial charge in [0.1, 0.15) is 0 Å². The van der Waals surface area contributed by atoms with E-state index in [1.165, 1.54) is 8.19 Å². The molecule has 0 atom stereocenters. The molecule has 0 bridgehead atoms. The maximum absolute atomic E-state index is 2.10. The van der Waals surface area contributed by atoms with Crippen LogP contribution in [-0.4, -0.2) is 0 Å². The van der Waals surface area contributed by atoms with E-state index in [4.69, 9.17) is 0 Å². The molecule has 0 aliphatic rings. The Morgan fingerprint density at radius 2 is 1.43 bits per heavy atom. The molecule has 0 aliphatic carbocycles. The second-order valence-corrected chi connectivity index (χ2v) is 1.92. The van der Waals surface area contributed by atoms with Gasteiger partial charge in [-0.2, -0.15) is 0 Å². The number of rotatable bonds is 0. The van der Waals surface area contributed by atoms with Crippen LogP contribution in [0.15, 0.2) is 29.8 Å². The first-order valence-corrected chi connectivity index (χ1v) is 2.88. The van der Waals surface area contributed by atoms with Crippen LogP contribution in [-0.2, 0) is 17.1 Å². The summed E-state index contributed by atoms with van der Waals surface area (Å²) in [5.74, 6) is 4.19. The summed E-state index contributed by atoms with van der Waals surface area (Å²) in [6.07, 6.45) is 0. The van der Waals surface area contributed by atoms with E-state index in [9.17, 15) is 0 Å². The van der Waals surface area contributed by atoms with Gasteiger partial charge in [0.05, 0.1) is 0 Å². The minimum absolute atomic E-state index is 0. The second-order valence-electron chi connectivity index (χ2n) is 1.02. The van der Waals surface area contributed by atoms with E-state index in [2.05, 4.69) is 11.6 Å². The molecule has 1 radical (unpaired) electrons. The predicted molar refractivity (Wildman–Crippen MR) is 29.0 cm³/mol. The number of hydrogen-bond acceptors (Lipinski definition) is 0. The molecule has 0 aromatic carbocycles. The Balaban J connectivity index is 0.000000360. The Kier molecular flexibility index (Phi) is 4.44. The van der Waals surface area contributed by atoms with Gasteiger partial charge in [0.25, 0.3) is 0 Å². The van der Waals surface area contributed by atoms with E-state index < -0.39 is 0 Å². The first-order valence-electron chi connectivity index (χ1n) is 1.85. The van der Waals surface area contributed by atoms with Crippen LogP contribution in [0.2, 0.25) is 0 Å². The molecule has 0 nitrogen and oxygen atoms in total. The van der Waals surface area contributed by atoms with Crippen LogP contribution in [0.1, 0.15) is 0 Å². The zero-order chi connectivity index (χ0) is 4.24. The van der Waals surface area contributed by atoms with E-state index in [0.717, 1.165) is 0 Å². The Labute approximate surface area is 55.5 Å². The van der Waals surface area contributed by atoms with Gasteiger partial charge in [-0.25, -0.2) is 0 Å². The molecule has 37 valence electrons. The summed E-state index contributed by atoms with van der Waals surface area (Å²) in [6.45, 7) is 0.